The van der Waals surface area contributed by atoms with Crippen LogP contribution >= 0.6 is 34.8 Å². The highest BCUT2D eigenvalue weighted by Gasteiger charge is 2.34. The van der Waals surface area contributed by atoms with Crippen molar-refractivity contribution in [2.45, 2.75) is 6.61 Å². The zero-order valence-electron chi connectivity index (χ0n) is 17.9. The quantitative estimate of drug-likeness (QED) is 0.193. The first-order valence-corrected chi connectivity index (χ1v) is 11.6. The smallest absolute Gasteiger partial charge is 0.270 e. The zero-order valence-corrected chi connectivity index (χ0v) is 20.9. The predicted molar refractivity (Wildman–Crippen MR) is 139 cm³/mol. The second-order valence-electron chi connectivity index (χ2n) is 7.21. The molecule has 9 heteroatoms. The lowest BCUT2D eigenvalue weighted by molar-refractivity contribution is -0.122. The van der Waals surface area contributed by atoms with Crippen LogP contribution in [0.2, 0.25) is 0 Å². The summed E-state index contributed by atoms with van der Waals surface area (Å²) in [6, 6.07) is 18.6. The number of ether oxygens (including phenoxy) is 2. The Morgan fingerprint density at radius 1 is 1.09 bits per heavy atom. The van der Waals surface area contributed by atoms with E-state index in [-0.39, 0.29) is 23.1 Å². The Kier molecular flexibility index (Phi) is 7.23. The Hall–Kier alpha value is -3.31. The number of methoxy groups -OCH3 is 1. The van der Waals surface area contributed by atoms with Gasteiger partial charge in [-0.2, -0.15) is 0 Å². The van der Waals surface area contributed by atoms with Gasteiger partial charge in [0.15, 0.2) is 16.6 Å². The Labute approximate surface area is 214 Å². The standard InChI is InChI=1S/C25H18FIN2O4S/c1-32-21-13-15(12-20(27)22(21)33-14-16-7-5-6-10-19(16)26)11-18-23(30)28-25(34)29(24(18)31)17-8-3-2-4-9-17/h2-13H,14H2,1H3,(H,28,30,34)/b18-11-. The summed E-state index contributed by atoms with van der Waals surface area (Å²) >= 11 is 7.28. The molecule has 1 heterocycles. The minimum absolute atomic E-state index is 0.0161. The van der Waals surface area contributed by atoms with E-state index < -0.39 is 11.8 Å². The zero-order chi connectivity index (χ0) is 24.2. The lowest BCUT2D eigenvalue weighted by atomic mass is 10.1. The van der Waals surface area contributed by atoms with Gasteiger partial charge in [0, 0.05) is 5.56 Å². The minimum Gasteiger partial charge on any atom is -0.493 e. The summed E-state index contributed by atoms with van der Waals surface area (Å²) < 4.78 is 25.9. The lowest BCUT2D eigenvalue weighted by Gasteiger charge is -2.28. The Bertz CT molecular complexity index is 1310. The number of para-hydroxylation sites is 1. The van der Waals surface area contributed by atoms with Crippen molar-refractivity contribution in [1.82, 2.24) is 5.32 Å². The first-order valence-electron chi connectivity index (χ1n) is 10.1. The monoisotopic (exact) mass is 588 g/mol. The number of anilines is 1. The molecular formula is C25H18FIN2O4S. The summed E-state index contributed by atoms with van der Waals surface area (Å²) in [4.78, 5) is 27.0. The van der Waals surface area contributed by atoms with E-state index in [0.717, 1.165) is 0 Å². The van der Waals surface area contributed by atoms with Crippen molar-refractivity contribution in [3.05, 3.63) is 92.8 Å². The number of halogens is 2. The maximum absolute atomic E-state index is 14.0. The largest absolute Gasteiger partial charge is 0.493 e. The Balaban J connectivity index is 1.65. The van der Waals surface area contributed by atoms with Crippen LogP contribution in [-0.4, -0.2) is 24.0 Å². The molecule has 0 aromatic heterocycles. The van der Waals surface area contributed by atoms with Crippen LogP contribution in [0.5, 0.6) is 11.5 Å². The third kappa shape index (κ3) is 4.95. The summed E-state index contributed by atoms with van der Waals surface area (Å²) in [5.74, 6) is -0.667. The van der Waals surface area contributed by atoms with Gasteiger partial charge < -0.3 is 9.47 Å². The van der Waals surface area contributed by atoms with Crippen molar-refractivity contribution < 1.29 is 23.5 Å². The van der Waals surface area contributed by atoms with Crippen LogP contribution in [-0.2, 0) is 16.2 Å². The molecule has 0 saturated carbocycles. The molecule has 6 nitrogen and oxygen atoms in total. The van der Waals surface area contributed by atoms with Gasteiger partial charge in [0.05, 0.1) is 16.4 Å². The minimum atomic E-state index is -0.587. The molecule has 172 valence electrons. The average molecular weight is 588 g/mol. The van der Waals surface area contributed by atoms with E-state index in [2.05, 4.69) is 27.9 Å². The molecule has 1 aliphatic heterocycles. The van der Waals surface area contributed by atoms with Crippen molar-refractivity contribution in [2.75, 3.05) is 12.0 Å². The molecule has 1 aliphatic rings. The second-order valence-corrected chi connectivity index (χ2v) is 8.76. The third-order valence-electron chi connectivity index (χ3n) is 5.01. The van der Waals surface area contributed by atoms with Gasteiger partial charge in [0.25, 0.3) is 11.8 Å². The van der Waals surface area contributed by atoms with Gasteiger partial charge in [-0.15, -0.1) is 0 Å². The summed E-state index contributed by atoms with van der Waals surface area (Å²) in [6.45, 7) is 0.0177. The van der Waals surface area contributed by atoms with Crippen molar-refractivity contribution in [3.63, 3.8) is 0 Å². The molecule has 0 atom stereocenters. The van der Waals surface area contributed by atoms with E-state index >= 15 is 0 Å². The number of thiocarbonyl (C=S) groups is 1. The third-order valence-corrected chi connectivity index (χ3v) is 6.09. The molecule has 2 amide bonds. The van der Waals surface area contributed by atoms with Crippen molar-refractivity contribution in [3.8, 4) is 11.5 Å². The highest BCUT2D eigenvalue weighted by molar-refractivity contribution is 14.1. The van der Waals surface area contributed by atoms with Crippen LogP contribution in [0.1, 0.15) is 11.1 Å². The maximum atomic E-state index is 14.0. The van der Waals surface area contributed by atoms with Crippen LogP contribution < -0.4 is 19.7 Å². The molecule has 3 aromatic carbocycles. The van der Waals surface area contributed by atoms with E-state index in [1.807, 2.05) is 6.07 Å². The molecule has 1 fully saturated rings. The van der Waals surface area contributed by atoms with E-state index in [1.54, 1.807) is 54.6 Å². The summed E-state index contributed by atoms with van der Waals surface area (Å²) in [6.07, 6.45) is 1.47. The van der Waals surface area contributed by atoms with E-state index in [9.17, 15) is 14.0 Å². The number of carbonyl (C=O) groups excluding carboxylic acids is 2. The number of rotatable bonds is 6. The van der Waals surface area contributed by atoms with Gasteiger partial charge in [-0.05, 0) is 76.8 Å². The molecule has 0 aliphatic carbocycles. The van der Waals surface area contributed by atoms with Crippen LogP contribution in [0.15, 0.2) is 72.3 Å². The molecule has 1 N–H and O–H groups in total. The van der Waals surface area contributed by atoms with Crippen molar-refractivity contribution in [1.29, 1.82) is 0 Å². The molecule has 1 saturated heterocycles. The fourth-order valence-corrected chi connectivity index (χ4v) is 4.43. The highest BCUT2D eigenvalue weighted by Crippen LogP contribution is 2.35. The topological polar surface area (TPSA) is 67.9 Å². The van der Waals surface area contributed by atoms with Crippen LogP contribution in [0.4, 0.5) is 10.1 Å². The molecule has 4 rings (SSSR count). The normalized spacial score (nSPS) is 14.9. The maximum Gasteiger partial charge on any atom is 0.270 e. The molecule has 0 bridgehead atoms. The number of nitrogens with one attached hydrogen (secondary N) is 1. The molecule has 34 heavy (non-hydrogen) atoms. The predicted octanol–water partition coefficient (Wildman–Crippen LogP) is 4.85. The van der Waals surface area contributed by atoms with E-state index in [0.29, 0.717) is 31.9 Å². The fourth-order valence-electron chi connectivity index (χ4n) is 3.36. The number of nitrogens with zero attached hydrogens (tertiary/aromatic N) is 1. The summed E-state index contributed by atoms with van der Waals surface area (Å²) in [7, 11) is 1.48. The van der Waals surface area contributed by atoms with Crippen LogP contribution in [0.25, 0.3) is 6.08 Å². The molecule has 0 radical (unpaired) electrons. The van der Waals surface area contributed by atoms with E-state index in [4.69, 9.17) is 21.7 Å². The Morgan fingerprint density at radius 2 is 1.79 bits per heavy atom. The van der Waals surface area contributed by atoms with Gasteiger partial charge >= 0.3 is 0 Å². The second kappa shape index (κ2) is 10.3. The van der Waals surface area contributed by atoms with Crippen molar-refractivity contribution in [2.24, 2.45) is 0 Å². The number of hydrogen-bond donors (Lipinski definition) is 1. The molecule has 3 aromatic rings. The first-order chi connectivity index (χ1) is 16.4. The van der Waals surface area contributed by atoms with Crippen LogP contribution in [0, 0.1) is 9.39 Å². The first kappa shape index (κ1) is 23.8. The number of amides is 2. The number of carbonyl (C=O) groups is 2. The summed E-state index contributed by atoms with van der Waals surface area (Å²) in [5.41, 5.74) is 1.44. The molecular weight excluding hydrogens is 570 g/mol. The van der Waals surface area contributed by atoms with Gasteiger partial charge in [-0.25, -0.2) is 4.39 Å². The fraction of sp³-hybridized carbons (Fsp3) is 0.0800. The van der Waals surface area contributed by atoms with Gasteiger partial charge in [-0.3, -0.25) is 19.8 Å². The SMILES string of the molecule is COc1cc(/C=C2/C(=O)NC(=S)N(c3ccccc3)C2=O)cc(I)c1OCc1ccccc1F. The van der Waals surface area contributed by atoms with Crippen molar-refractivity contribution >= 4 is 63.5 Å². The van der Waals surface area contributed by atoms with Crippen LogP contribution in [0.3, 0.4) is 0 Å². The number of hydrogen-bond acceptors (Lipinski definition) is 5. The summed E-state index contributed by atoms with van der Waals surface area (Å²) in [5, 5.41) is 2.58. The highest BCUT2D eigenvalue weighted by atomic mass is 127. The lowest BCUT2D eigenvalue weighted by Crippen LogP contribution is -2.54. The van der Waals surface area contributed by atoms with Gasteiger partial charge in [0.2, 0.25) is 0 Å². The van der Waals surface area contributed by atoms with E-state index in [1.165, 1.54) is 24.2 Å². The van der Waals surface area contributed by atoms with Gasteiger partial charge in [0.1, 0.15) is 18.0 Å². The Morgan fingerprint density at radius 3 is 2.50 bits per heavy atom. The number of benzene rings is 3. The average Bonchev–Trinajstić information content (AvgIpc) is 2.82. The van der Waals surface area contributed by atoms with Gasteiger partial charge in [-0.1, -0.05) is 36.4 Å². The molecule has 0 spiro atoms. The molecule has 0 unspecified atom stereocenters.